The van der Waals surface area contributed by atoms with Crippen molar-refractivity contribution in [2.24, 2.45) is 0 Å². The second-order valence-electron chi connectivity index (χ2n) is 6.47. The molecule has 1 aromatic carbocycles. The van der Waals surface area contributed by atoms with E-state index in [2.05, 4.69) is 4.72 Å². The summed E-state index contributed by atoms with van der Waals surface area (Å²) in [4.78, 5) is 14.4. The van der Waals surface area contributed by atoms with Crippen LogP contribution in [0, 0.1) is 13.8 Å². The zero-order chi connectivity index (χ0) is 18.2. The molecule has 1 N–H and O–H groups in total. The van der Waals surface area contributed by atoms with E-state index >= 15 is 0 Å². The highest BCUT2D eigenvalue weighted by molar-refractivity contribution is 7.92. The highest BCUT2D eigenvalue weighted by Gasteiger charge is 2.28. The molecule has 0 spiro atoms. The van der Waals surface area contributed by atoms with Crippen LogP contribution in [0.5, 0.6) is 0 Å². The van der Waals surface area contributed by atoms with Crippen LogP contribution in [0.4, 0.5) is 5.69 Å². The van der Waals surface area contributed by atoms with Crippen molar-refractivity contribution in [3.8, 4) is 0 Å². The number of benzene rings is 1. The van der Waals surface area contributed by atoms with E-state index in [4.69, 9.17) is 0 Å². The second kappa shape index (κ2) is 6.55. The maximum atomic E-state index is 12.7. The fourth-order valence-corrected chi connectivity index (χ4v) is 4.18. The van der Waals surface area contributed by atoms with Gasteiger partial charge in [-0.2, -0.15) is 0 Å². The molecule has 2 aromatic rings. The Bertz CT molecular complexity index is 916. The van der Waals surface area contributed by atoms with Gasteiger partial charge in [-0.15, -0.1) is 0 Å². The number of amides is 1. The molecule has 7 heteroatoms. The van der Waals surface area contributed by atoms with Crippen LogP contribution >= 0.6 is 0 Å². The van der Waals surface area contributed by atoms with E-state index in [1.165, 1.54) is 6.07 Å². The van der Waals surface area contributed by atoms with Crippen molar-refractivity contribution in [2.75, 3.05) is 17.8 Å². The molecule has 3 rings (SSSR count). The second-order valence-corrected chi connectivity index (χ2v) is 8.15. The van der Waals surface area contributed by atoms with Crippen LogP contribution in [0.15, 0.2) is 35.4 Å². The van der Waals surface area contributed by atoms with E-state index in [1.54, 1.807) is 21.7 Å². The minimum atomic E-state index is -3.74. The van der Waals surface area contributed by atoms with Gasteiger partial charge in [0.25, 0.3) is 15.9 Å². The highest BCUT2D eigenvalue weighted by Crippen LogP contribution is 2.24. The minimum Gasteiger partial charge on any atom is -0.340 e. The van der Waals surface area contributed by atoms with Gasteiger partial charge in [-0.3, -0.25) is 9.52 Å². The standard InChI is InChI=1S/C18H23N3O3S/c1-4-7-20-8-9-21-12-15(11-17(21)18(20)22)25(23,24)19-16-10-13(2)5-6-14(16)3/h5-6,10-12,19H,4,7-9H2,1-3H3. The Morgan fingerprint density at radius 1 is 1.16 bits per heavy atom. The third-order valence-electron chi connectivity index (χ3n) is 4.43. The van der Waals surface area contributed by atoms with Crippen LogP contribution < -0.4 is 4.72 Å². The van der Waals surface area contributed by atoms with Gasteiger partial charge in [0, 0.05) is 25.8 Å². The number of aryl methyl sites for hydroxylation is 2. The van der Waals surface area contributed by atoms with Crippen LogP contribution in [0.2, 0.25) is 0 Å². The maximum Gasteiger partial charge on any atom is 0.270 e. The van der Waals surface area contributed by atoms with Crippen LogP contribution in [0.1, 0.15) is 35.0 Å². The van der Waals surface area contributed by atoms with E-state index in [0.717, 1.165) is 17.5 Å². The predicted molar refractivity (Wildman–Crippen MR) is 97.4 cm³/mol. The smallest absolute Gasteiger partial charge is 0.270 e. The molecule has 2 heterocycles. The van der Waals surface area contributed by atoms with Crippen LogP contribution in [-0.2, 0) is 16.6 Å². The molecule has 6 nitrogen and oxygen atoms in total. The minimum absolute atomic E-state index is 0.110. The van der Waals surface area contributed by atoms with Crippen molar-refractivity contribution in [2.45, 2.75) is 38.6 Å². The number of nitrogens with one attached hydrogen (secondary N) is 1. The SMILES string of the molecule is CCCN1CCn2cc(S(=O)(=O)Nc3cc(C)ccc3C)cc2C1=O. The van der Waals surface area contributed by atoms with E-state index in [1.807, 2.05) is 32.9 Å². The van der Waals surface area contributed by atoms with Gasteiger partial charge in [-0.05, 0) is 43.5 Å². The molecule has 1 aliphatic rings. The number of hydrogen-bond acceptors (Lipinski definition) is 3. The summed E-state index contributed by atoms with van der Waals surface area (Å²) < 4.78 is 29.9. The average Bonchev–Trinajstić information content (AvgIpc) is 3.00. The number of fused-ring (bicyclic) bond motifs is 1. The largest absolute Gasteiger partial charge is 0.340 e. The summed E-state index contributed by atoms with van der Waals surface area (Å²) in [6.07, 6.45) is 2.43. The molecule has 0 atom stereocenters. The number of aromatic nitrogens is 1. The Kier molecular flexibility index (Phi) is 4.60. The average molecular weight is 361 g/mol. The Balaban J connectivity index is 1.91. The molecule has 134 valence electrons. The predicted octanol–water partition coefficient (Wildman–Crippen LogP) is 2.77. The molecule has 0 unspecified atom stereocenters. The Morgan fingerprint density at radius 2 is 1.92 bits per heavy atom. The van der Waals surface area contributed by atoms with Gasteiger partial charge in [0.05, 0.1) is 5.69 Å². The van der Waals surface area contributed by atoms with Crippen LogP contribution in [0.3, 0.4) is 0 Å². The van der Waals surface area contributed by atoms with Gasteiger partial charge in [-0.25, -0.2) is 8.42 Å². The molecule has 1 aromatic heterocycles. The lowest BCUT2D eigenvalue weighted by atomic mass is 10.1. The fraction of sp³-hybridized carbons (Fsp3) is 0.389. The summed E-state index contributed by atoms with van der Waals surface area (Å²) >= 11 is 0. The lowest BCUT2D eigenvalue weighted by Gasteiger charge is -2.27. The molecule has 0 radical (unpaired) electrons. The third-order valence-corrected chi connectivity index (χ3v) is 5.76. The first kappa shape index (κ1) is 17.5. The third kappa shape index (κ3) is 3.42. The van der Waals surface area contributed by atoms with Gasteiger partial charge in [0.15, 0.2) is 0 Å². The maximum absolute atomic E-state index is 12.7. The summed E-state index contributed by atoms with van der Waals surface area (Å²) in [6, 6.07) is 7.09. The quantitative estimate of drug-likeness (QED) is 0.890. The summed E-state index contributed by atoms with van der Waals surface area (Å²) in [6.45, 7) is 7.69. The number of hydrogen-bond donors (Lipinski definition) is 1. The number of sulfonamides is 1. The van der Waals surface area contributed by atoms with Crippen molar-refractivity contribution in [1.29, 1.82) is 0 Å². The van der Waals surface area contributed by atoms with Crippen molar-refractivity contribution >= 4 is 21.6 Å². The van der Waals surface area contributed by atoms with E-state index in [0.29, 0.717) is 31.0 Å². The van der Waals surface area contributed by atoms with Crippen molar-refractivity contribution in [3.05, 3.63) is 47.3 Å². The summed E-state index contributed by atoms with van der Waals surface area (Å²) in [7, 11) is -3.74. The fourth-order valence-electron chi connectivity index (χ4n) is 3.02. The van der Waals surface area contributed by atoms with Gasteiger partial charge in [-0.1, -0.05) is 19.1 Å². The van der Waals surface area contributed by atoms with Crippen molar-refractivity contribution in [3.63, 3.8) is 0 Å². The lowest BCUT2D eigenvalue weighted by molar-refractivity contribution is 0.0705. The molecule has 0 aliphatic carbocycles. The van der Waals surface area contributed by atoms with Crippen molar-refractivity contribution in [1.82, 2.24) is 9.47 Å². The molecular weight excluding hydrogens is 338 g/mol. The van der Waals surface area contributed by atoms with Gasteiger partial charge >= 0.3 is 0 Å². The lowest BCUT2D eigenvalue weighted by Crippen LogP contribution is -2.40. The number of carbonyl (C=O) groups excluding carboxylic acids is 1. The normalized spacial score (nSPS) is 14.5. The zero-order valence-electron chi connectivity index (χ0n) is 14.7. The van der Waals surface area contributed by atoms with Crippen molar-refractivity contribution < 1.29 is 13.2 Å². The number of rotatable bonds is 5. The monoisotopic (exact) mass is 361 g/mol. The summed E-state index contributed by atoms with van der Waals surface area (Å²) in [5.41, 5.74) is 2.82. The highest BCUT2D eigenvalue weighted by atomic mass is 32.2. The molecular formula is C18H23N3O3S. The number of nitrogens with zero attached hydrogens (tertiary/aromatic N) is 2. The number of anilines is 1. The molecule has 0 saturated heterocycles. The molecule has 0 bridgehead atoms. The molecule has 0 saturated carbocycles. The van der Waals surface area contributed by atoms with E-state index in [9.17, 15) is 13.2 Å². The molecule has 1 amide bonds. The van der Waals surface area contributed by atoms with E-state index in [-0.39, 0.29) is 10.8 Å². The van der Waals surface area contributed by atoms with Gasteiger partial charge in [0.2, 0.25) is 0 Å². The first-order valence-corrected chi connectivity index (χ1v) is 9.89. The number of carbonyl (C=O) groups is 1. The first-order chi connectivity index (χ1) is 11.8. The first-order valence-electron chi connectivity index (χ1n) is 8.41. The molecule has 25 heavy (non-hydrogen) atoms. The molecule has 1 aliphatic heterocycles. The van der Waals surface area contributed by atoms with E-state index < -0.39 is 10.0 Å². The molecule has 0 fully saturated rings. The van der Waals surface area contributed by atoms with Gasteiger partial charge < -0.3 is 9.47 Å². The van der Waals surface area contributed by atoms with Crippen LogP contribution in [0.25, 0.3) is 0 Å². The van der Waals surface area contributed by atoms with Crippen LogP contribution in [-0.4, -0.2) is 36.9 Å². The summed E-state index contributed by atoms with van der Waals surface area (Å²) in [5.74, 6) is -0.110. The topological polar surface area (TPSA) is 71.4 Å². The zero-order valence-corrected chi connectivity index (χ0v) is 15.6. The van der Waals surface area contributed by atoms with Gasteiger partial charge in [0.1, 0.15) is 10.6 Å². The summed E-state index contributed by atoms with van der Waals surface area (Å²) in [5, 5.41) is 0. The Hall–Kier alpha value is -2.28. The Morgan fingerprint density at radius 3 is 2.64 bits per heavy atom. The Labute approximate surface area is 148 Å².